The Balaban J connectivity index is 1.55. The molecule has 2 heterocycles. The maximum absolute atomic E-state index is 13.3. The summed E-state index contributed by atoms with van der Waals surface area (Å²) in [4.78, 5) is 31.4. The van der Waals surface area contributed by atoms with Crippen molar-refractivity contribution in [2.75, 3.05) is 20.8 Å². The Morgan fingerprint density at radius 1 is 0.973 bits per heavy atom. The fraction of sp³-hybridized carbons (Fsp3) is 0.172. The van der Waals surface area contributed by atoms with Crippen molar-refractivity contribution in [3.63, 3.8) is 0 Å². The van der Waals surface area contributed by atoms with Gasteiger partial charge in [-0.25, -0.2) is 0 Å². The number of hydrogen-bond donors (Lipinski definition) is 2. The van der Waals surface area contributed by atoms with Crippen molar-refractivity contribution >= 4 is 44.3 Å². The summed E-state index contributed by atoms with van der Waals surface area (Å²) < 4.78 is 11.5. The van der Waals surface area contributed by atoms with E-state index in [-0.39, 0.29) is 17.9 Å². The first kappa shape index (κ1) is 24.6. The summed E-state index contributed by atoms with van der Waals surface area (Å²) in [6, 6.07) is 19.2. The molecule has 2 N–H and O–H groups in total. The van der Waals surface area contributed by atoms with Crippen LogP contribution in [0.4, 0.5) is 0 Å². The summed E-state index contributed by atoms with van der Waals surface area (Å²) >= 11 is 3.39. The van der Waals surface area contributed by atoms with Gasteiger partial charge in [-0.3, -0.25) is 9.59 Å². The Kier molecular flexibility index (Phi) is 6.76. The van der Waals surface area contributed by atoms with E-state index in [0.29, 0.717) is 23.3 Å². The number of amides is 1. The topological polar surface area (TPSA) is 91.9 Å². The highest BCUT2D eigenvalue weighted by Gasteiger charge is 2.45. The van der Waals surface area contributed by atoms with Crippen LogP contribution in [0.3, 0.4) is 0 Å². The molecule has 7 nitrogen and oxygen atoms in total. The maximum Gasteiger partial charge on any atom is 0.295 e. The molecule has 1 saturated heterocycles. The van der Waals surface area contributed by atoms with Gasteiger partial charge in [-0.15, -0.1) is 0 Å². The maximum atomic E-state index is 13.3. The number of halogens is 1. The van der Waals surface area contributed by atoms with E-state index in [0.717, 1.165) is 26.7 Å². The van der Waals surface area contributed by atoms with Crippen LogP contribution in [0.2, 0.25) is 0 Å². The number of carbonyl (C=O) groups is 2. The third-order valence-corrected chi connectivity index (χ3v) is 7.21. The normalized spacial score (nSPS) is 16.9. The van der Waals surface area contributed by atoms with Crippen LogP contribution in [0.1, 0.15) is 22.7 Å². The molecule has 4 aromatic rings. The molecule has 3 aromatic carbocycles. The number of Topliss-reactive ketones (excluding diaryl/α,β-unsaturated/α-hetero) is 1. The summed E-state index contributed by atoms with van der Waals surface area (Å²) in [5.41, 5.74) is 3.19. The molecule has 5 rings (SSSR count). The predicted molar refractivity (Wildman–Crippen MR) is 145 cm³/mol. The monoisotopic (exact) mass is 560 g/mol. The number of aromatic nitrogens is 1. The van der Waals surface area contributed by atoms with Gasteiger partial charge in [-0.05, 0) is 60.0 Å². The van der Waals surface area contributed by atoms with Crippen molar-refractivity contribution in [1.82, 2.24) is 9.88 Å². The number of aliphatic hydroxyl groups is 1. The van der Waals surface area contributed by atoms with E-state index in [9.17, 15) is 14.7 Å². The second-order valence-electron chi connectivity index (χ2n) is 8.75. The largest absolute Gasteiger partial charge is 0.507 e. The molecule has 1 aromatic heterocycles. The van der Waals surface area contributed by atoms with Gasteiger partial charge >= 0.3 is 0 Å². The van der Waals surface area contributed by atoms with E-state index in [2.05, 4.69) is 20.9 Å². The summed E-state index contributed by atoms with van der Waals surface area (Å²) in [5, 5.41) is 12.2. The number of nitrogens with zero attached hydrogens (tertiary/aromatic N) is 1. The number of nitrogens with one attached hydrogen (secondary N) is 1. The lowest BCUT2D eigenvalue weighted by Gasteiger charge is -2.25. The minimum atomic E-state index is -0.741. The molecule has 1 fully saturated rings. The van der Waals surface area contributed by atoms with Crippen LogP contribution < -0.4 is 9.47 Å². The Morgan fingerprint density at radius 2 is 1.65 bits per heavy atom. The van der Waals surface area contributed by atoms with Gasteiger partial charge in [0.25, 0.3) is 11.7 Å². The van der Waals surface area contributed by atoms with Crippen molar-refractivity contribution in [3.8, 4) is 11.5 Å². The van der Waals surface area contributed by atoms with Gasteiger partial charge in [-0.2, -0.15) is 0 Å². The average molecular weight is 561 g/mol. The molecule has 0 saturated carbocycles. The van der Waals surface area contributed by atoms with Crippen molar-refractivity contribution < 1.29 is 24.2 Å². The van der Waals surface area contributed by atoms with Gasteiger partial charge in [0.2, 0.25) is 0 Å². The average Bonchev–Trinajstić information content (AvgIpc) is 3.44. The molecule has 1 atom stereocenters. The Labute approximate surface area is 222 Å². The number of likely N-dealkylation sites (tertiary alicyclic amines) is 1. The van der Waals surface area contributed by atoms with Crippen LogP contribution in [-0.4, -0.2) is 47.4 Å². The zero-order valence-electron chi connectivity index (χ0n) is 20.3. The molecule has 188 valence electrons. The van der Waals surface area contributed by atoms with Gasteiger partial charge < -0.3 is 24.5 Å². The number of H-pyrrole nitrogens is 1. The third kappa shape index (κ3) is 4.60. The second kappa shape index (κ2) is 10.1. The smallest absolute Gasteiger partial charge is 0.295 e. The van der Waals surface area contributed by atoms with E-state index in [1.807, 2.05) is 36.5 Å². The number of hydrogen-bond acceptors (Lipinski definition) is 5. The van der Waals surface area contributed by atoms with Crippen molar-refractivity contribution in [2.24, 2.45) is 0 Å². The van der Waals surface area contributed by atoms with E-state index < -0.39 is 17.7 Å². The minimum Gasteiger partial charge on any atom is -0.507 e. The molecule has 0 spiro atoms. The van der Waals surface area contributed by atoms with E-state index in [1.165, 1.54) is 4.90 Å². The van der Waals surface area contributed by atoms with E-state index >= 15 is 0 Å². The van der Waals surface area contributed by atoms with Crippen molar-refractivity contribution in [3.05, 3.63) is 99.7 Å². The molecular weight excluding hydrogens is 536 g/mol. The third-order valence-electron chi connectivity index (χ3n) is 6.69. The molecule has 0 bridgehead atoms. The molecule has 0 radical (unpaired) electrons. The number of fused-ring (bicyclic) bond motifs is 1. The molecule has 0 aliphatic carbocycles. The predicted octanol–water partition coefficient (Wildman–Crippen LogP) is 5.61. The first-order chi connectivity index (χ1) is 17.9. The lowest BCUT2D eigenvalue weighted by molar-refractivity contribution is -0.139. The van der Waals surface area contributed by atoms with Crippen LogP contribution in [0.25, 0.3) is 16.7 Å². The highest BCUT2D eigenvalue weighted by molar-refractivity contribution is 9.10. The number of rotatable bonds is 7. The van der Waals surface area contributed by atoms with Gasteiger partial charge in [0.1, 0.15) is 17.3 Å². The Bertz CT molecular complexity index is 1510. The number of methoxy groups -OCH3 is 2. The summed E-state index contributed by atoms with van der Waals surface area (Å²) in [7, 11) is 3.19. The number of aliphatic hydroxyl groups excluding tert-OH is 1. The molecule has 0 unspecified atom stereocenters. The number of ether oxygens (including phenoxy) is 2. The van der Waals surface area contributed by atoms with Crippen LogP contribution in [-0.2, 0) is 16.0 Å². The van der Waals surface area contributed by atoms with Gasteiger partial charge in [0.05, 0.1) is 25.8 Å². The lowest BCUT2D eigenvalue weighted by atomic mass is 9.95. The summed E-state index contributed by atoms with van der Waals surface area (Å²) in [5.74, 6) is -0.160. The summed E-state index contributed by atoms with van der Waals surface area (Å²) in [6.45, 7) is 0.280. The molecular formula is C29H25BrN2O5. The SMILES string of the molecule is COc1ccc([C@H]2C(=C(O)c3ccc(Br)cc3)C(=O)C(=O)N2CCc2c[nH]c3ccc(OC)cc23)cc1. The van der Waals surface area contributed by atoms with Crippen molar-refractivity contribution in [2.45, 2.75) is 12.5 Å². The Morgan fingerprint density at radius 3 is 2.32 bits per heavy atom. The van der Waals surface area contributed by atoms with Crippen LogP contribution >= 0.6 is 15.9 Å². The number of carbonyl (C=O) groups excluding carboxylic acids is 2. The molecule has 1 aliphatic heterocycles. The van der Waals surface area contributed by atoms with E-state index in [1.54, 1.807) is 50.6 Å². The fourth-order valence-corrected chi connectivity index (χ4v) is 5.00. The summed E-state index contributed by atoms with van der Waals surface area (Å²) in [6.07, 6.45) is 2.41. The number of ketones is 1. The molecule has 1 aliphatic rings. The molecule has 37 heavy (non-hydrogen) atoms. The standard InChI is InChI=1S/C29H25BrN2O5/c1-36-21-9-5-17(6-10-21)26-25(27(33)18-3-7-20(30)8-4-18)28(34)29(35)32(26)14-13-19-16-31-24-12-11-22(37-2)15-23(19)24/h3-12,15-16,26,31,33H,13-14H2,1-2H3/t26-/m0/s1. The number of benzene rings is 3. The van der Waals surface area contributed by atoms with Gasteiger partial charge in [0.15, 0.2) is 0 Å². The molecule has 8 heteroatoms. The molecule has 1 amide bonds. The zero-order valence-corrected chi connectivity index (χ0v) is 21.9. The van der Waals surface area contributed by atoms with Gasteiger partial charge in [0, 0.05) is 33.7 Å². The van der Waals surface area contributed by atoms with Crippen LogP contribution in [0.5, 0.6) is 11.5 Å². The first-order valence-electron chi connectivity index (χ1n) is 11.7. The van der Waals surface area contributed by atoms with Gasteiger partial charge in [-0.1, -0.05) is 40.2 Å². The first-order valence-corrected chi connectivity index (χ1v) is 12.5. The zero-order chi connectivity index (χ0) is 26.1. The van der Waals surface area contributed by atoms with Crippen molar-refractivity contribution in [1.29, 1.82) is 0 Å². The highest BCUT2D eigenvalue weighted by Crippen LogP contribution is 2.40. The second-order valence-corrected chi connectivity index (χ2v) is 9.66. The highest BCUT2D eigenvalue weighted by atomic mass is 79.9. The van der Waals surface area contributed by atoms with E-state index in [4.69, 9.17) is 9.47 Å². The number of aromatic amines is 1. The lowest BCUT2D eigenvalue weighted by Crippen LogP contribution is -2.31. The van der Waals surface area contributed by atoms with Crippen LogP contribution in [0.15, 0.2) is 83.0 Å². The minimum absolute atomic E-state index is 0.0677. The Hall–Kier alpha value is -4.04. The fourth-order valence-electron chi connectivity index (χ4n) is 4.74. The quantitative estimate of drug-likeness (QED) is 0.174. The van der Waals surface area contributed by atoms with Crippen LogP contribution in [0, 0.1) is 0 Å².